The Bertz CT molecular complexity index is 872. The number of thiophene rings is 2. The summed E-state index contributed by atoms with van der Waals surface area (Å²) in [4.78, 5) is 38.5. The first kappa shape index (κ1) is 17.1. The van der Waals surface area contributed by atoms with Crippen LogP contribution in [0, 0.1) is 23.7 Å². The molecule has 2 aromatic rings. The molecule has 3 fully saturated rings. The van der Waals surface area contributed by atoms with Gasteiger partial charge in [0.15, 0.2) is 0 Å². The van der Waals surface area contributed by atoms with Crippen molar-refractivity contribution in [2.75, 3.05) is 0 Å². The van der Waals surface area contributed by atoms with E-state index in [-0.39, 0.29) is 35.4 Å². The molecule has 0 N–H and O–H groups in total. The lowest BCUT2D eigenvalue weighted by Gasteiger charge is -2.36. The Balaban J connectivity index is 1.41. The number of ketones is 1. The molecule has 140 valence electrons. The van der Waals surface area contributed by atoms with Gasteiger partial charge in [-0.3, -0.25) is 4.79 Å². The Labute approximate surface area is 164 Å². The summed E-state index contributed by atoms with van der Waals surface area (Å²) in [5, 5.41) is 3.65. The minimum atomic E-state index is -0.545. The molecule has 2 heterocycles. The van der Waals surface area contributed by atoms with Crippen LogP contribution in [0.3, 0.4) is 0 Å². The highest BCUT2D eigenvalue weighted by molar-refractivity contribution is 7.12. The Morgan fingerprint density at radius 1 is 0.889 bits per heavy atom. The molecule has 0 saturated heterocycles. The van der Waals surface area contributed by atoms with Gasteiger partial charge in [0, 0.05) is 24.2 Å². The maximum absolute atomic E-state index is 12.5. The first-order chi connectivity index (χ1) is 13.1. The van der Waals surface area contributed by atoms with Crippen molar-refractivity contribution in [3.05, 3.63) is 44.8 Å². The molecule has 5 rings (SSSR count). The van der Waals surface area contributed by atoms with E-state index in [9.17, 15) is 14.4 Å². The number of esters is 2. The monoisotopic (exact) mass is 402 g/mol. The summed E-state index contributed by atoms with van der Waals surface area (Å²) in [5.41, 5.74) is 0. The minimum Gasteiger partial charge on any atom is -0.454 e. The van der Waals surface area contributed by atoms with Gasteiger partial charge in [-0.25, -0.2) is 9.59 Å². The lowest BCUT2D eigenvalue weighted by atomic mass is 9.78. The topological polar surface area (TPSA) is 69.7 Å². The zero-order chi connectivity index (χ0) is 18.5. The summed E-state index contributed by atoms with van der Waals surface area (Å²) >= 11 is 2.65. The van der Waals surface area contributed by atoms with Crippen molar-refractivity contribution in [2.24, 2.45) is 23.7 Å². The molecule has 2 aromatic heterocycles. The molecule has 0 aromatic carbocycles. The van der Waals surface area contributed by atoms with Crippen LogP contribution in [0.5, 0.6) is 0 Å². The van der Waals surface area contributed by atoms with Crippen LogP contribution in [-0.4, -0.2) is 29.9 Å². The van der Waals surface area contributed by atoms with E-state index < -0.39 is 18.2 Å². The molecule has 0 aliphatic heterocycles. The Kier molecular flexibility index (Phi) is 4.16. The molecule has 3 aliphatic rings. The molecule has 3 aliphatic carbocycles. The van der Waals surface area contributed by atoms with Gasteiger partial charge in [-0.05, 0) is 41.7 Å². The average molecular weight is 402 g/mol. The van der Waals surface area contributed by atoms with Gasteiger partial charge in [-0.15, -0.1) is 22.7 Å². The van der Waals surface area contributed by atoms with E-state index in [4.69, 9.17) is 9.47 Å². The molecule has 27 heavy (non-hydrogen) atoms. The van der Waals surface area contributed by atoms with E-state index in [0.717, 1.165) is 12.8 Å². The predicted octanol–water partition coefficient (Wildman–Crippen LogP) is 3.81. The third-order valence-electron chi connectivity index (χ3n) is 6.21. The van der Waals surface area contributed by atoms with Gasteiger partial charge in [-0.2, -0.15) is 0 Å². The summed E-state index contributed by atoms with van der Waals surface area (Å²) in [6.07, 6.45) is 1.20. The fourth-order valence-electron chi connectivity index (χ4n) is 5.23. The maximum Gasteiger partial charge on any atom is 0.348 e. The molecule has 0 amide bonds. The Morgan fingerprint density at radius 2 is 1.48 bits per heavy atom. The Morgan fingerprint density at radius 3 is 2.04 bits per heavy atom. The summed E-state index contributed by atoms with van der Waals surface area (Å²) in [7, 11) is 0. The molecule has 2 bridgehead atoms. The van der Waals surface area contributed by atoms with Gasteiger partial charge in [0.2, 0.25) is 0 Å². The second kappa shape index (κ2) is 6.56. The number of hydrogen-bond acceptors (Lipinski definition) is 7. The number of fused-ring (bicyclic) bond motifs is 5. The lowest BCUT2D eigenvalue weighted by molar-refractivity contribution is -0.127. The number of ether oxygens (including phenoxy) is 2. The highest BCUT2D eigenvalue weighted by Crippen LogP contribution is 2.59. The first-order valence-corrected chi connectivity index (χ1v) is 10.9. The van der Waals surface area contributed by atoms with Crippen molar-refractivity contribution in [3.63, 3.8) is 0 Å². The number of Topliss-reactive ketones (excluding diaryl/α,β-unsaturated/α-hetero) is 1. The number of carbonyl (C=O) groups is 3. The largest absolute Gasteiger partial charge is 0.454 e. The van der Waals surface area contributed by atoms with Crippen LogP contribution in [0.25, 0.3) is 0 Å². The van der Waals surface area contributed by atoms with Crippen LogP contribution in [-0.2, 0) is 14.3 Å². The van der Waals surface area contributed by atoms with Crippen LogP contribution < -0.4 is 0 Å². The first-order valence-electron chi connectivity index (χ1n) is 9.15. The molecule has 3 saturated carbocycles. The normalized spacial score (nSPS) is 33.9. The summed E-state index contributed by atoms with van der Waals surface area (Å²) < 4.78 is 11.7. The highest BCUT2D eigenvalue weighted by Gasteiger charge is 2.64. The van der Waals surface area contributed by atoms with Crippen LogP contribution in [0.1, 0.15) is 38.6 Å². The summed E-state index contributed by atoms with van der Waals surface area (Å²) in [5.74, 6) is -0.250. The number of rotatable bonds is 4. The van der Waals surface area contributed by atoms with Crippen LogP contribution in [0.4, 0.5) is 0 Å². The van der Waals surface area contributed by atoms with E-state index in [1.54, 1.807) is 18.2 Å². The lowest BCUT2D eigenvalue weighted by Crippen LogP contribution is -2.46. The smallest absolute Gasteiger partial charge is 0.348 e. The molecular weight excluding hydrogens is 384 g/mol. The second-order valence-electron chi connectivity index (χ2n) is 7.45. The van der Waals surface area contributed by atoms with Gasteiger partial charge in [0.25, 0.3) is 0 Å². The van der Waals surface area contributed by atoms with Crippen LogP contribution in [0.15, 0.2) is 35.0 Å². The third-order valence-corrected chi connectivity index (χ3v) is 7.91. The van der Waals surface area contributed by atoms with Crippen molar-refractivity contribution in [1.82, 2.24) is 0 Å². The number of carbonyl (C=O) groups excluding carboxylic acids is 3. The van der Waals surface area contributed by atoms with Crippen molar-refractivity contribution >= 4 is 40.4 Å². The predicted molar refractivity (Wildman–Crippen MR) is 99.9 cm³/mol. The molecule has 6 unspecified atom stereocenters. The van der Waals surface area contributed by atoms with E-state index in [0.29, 0.717) is 16.2 Å². The average Bonchev–Trinajstić information content (AvgIpc) is 3.45. The maximum atomic E-state index is 12.5. The fraction of sp³-hybridized carbons (Fsp3) is 0.450. The van der Waals surface area contributed by atoms with Crippen molar-refractivity contribution in [3.8, 4) is 0 Å². The van der Waals surface area contributed by atoms with E-state index in [2.05, 4.69) is 0 Å². The molecule has 0 spiro atoms. The van der Waals surface area contributed by atoms with E-state index in [1.165, 1.54) is 22.7 Å². The molecule has 7 heteroatoms. The summed E-state index contributed by atoms with van der Waals surface area (Å²) in [6, 6.07) is 7.06. The fourth-order valence-corrected chi connectivity index (χ4v) is 6.44. The summed E-state index contributed by atoms with van der Waals surface area (Å²) in [6.45, 7) is 0. The van der Waals surface area contributed by atoms with E-state index >= 15 is 0 Å². The Hall–Kier alpha value is -1.99. The highest BCUT2D eigenvalue weighted by atomic mass is 32.1. The van der Waals surface area contributed by atoms with Gasteiger partial charge >= 0.3 is 11.9 Å². The van der Waals surface area contributed by atoms with Gasteiger partial charge in [0.05, 0.1) is 0 Å². The van der Waals surface area contributed by atoms with Crippen molar-refractivity contribution in [1.29, 1.82) is 0 Å². The molecule has 0 radical (unpaired) electrons. The quantitative estimate of drug-likeness (QED) is 0.728. The zero-order valence-electron chi connectivity index (χ0n) is 14.4. The van der Waals surface area contributed by atoms with Crippen LogP contribution >= 0.6 is 22.7 Å². The van der Waals surface area contributed by atoms with Gasteiger partial charge in [-0.1, -0.05) is 12.1 Å². The molecular formula is C20H18O5S2. The zero-order valence-corrected chi connectivity index (χ0v) is 16.0. The third kappa shape index (κ3) is 2.75. The van der Waals surface area contributed by atoms with Gasteiger partial charge in [0.1, 0.15) is 27.7 Å². The van der Waals surface area contributed by atoms with Crippen LogP contribution in [0.2, 0.25) is 0 Å². The minimum absolute atomic E-state index is 0.0416. The second-order valence-corrected chi connectivity index (χ2v) is 9.35. The van der Waals surface area contributed by atoms with Crippen molar-refractivity contribution in [2.45, 2.75) is 31.5 Å². The number of hydrogen-bond donors (Lipinski definition) is 0. The SMILES string of the molecule is O=C(OC1C2CC(C1OC(=O)c1cccs1)C1C(=O)CCC21)c1cccs1. The van der Waals surface area contributed by atoms with Crippen molar-refractivity contribution < 1.29 is 23.9 Å². The molecule has 5 nitrogen and oxygen atoms in total. The molecule has 6 atom stereocenters. The standard InChI is InChI=1S/C20H18O5S2/c21-13-6-5-10-11-9-12(16(10)13)18(25-20(23)15-4-2-8-27-15)17(11)24-19(22)14-3-1-7-26-14/h1-4,7-8,10-12,16-18H,5-6,9H2. The van der Waals surface area contributed by atoms with E-state index in [1.807, 2.05) is 16.8 Å². The van der Waals surface area contributed by atoms with Gasteiger partial charge < -0.3 is 9.47 Å².